The van der Waals surface area contributed by atoms with Gasteiger partial charge in [0.25, 0.3) is 0 Å². The zero-order valence-corrected chi connectivity index (χ0v) is 15.4. The van der Waals surface area contributed by atoms with Crippen molar-refractivity contribution < 1.29 is 9.18 Å². The second kappa shape index (κ2) is 7.62. The van der Waals surface area contributed by atoms with Crippen molar-refractivity contribution in [1.29, 1.82) is 0 Å². The summed E-state index contributed by atoms with van der Waals surface area (Å²) in [7, 11) is 0. The number of amides is 1. The Morgan fingerprint density at radius 1 is 1.07 bits per heavy atom. The van der Waals surface area contributed by atoms with Crippen LogP contribution in [0.3, 0.4) is 0 Å². The Hall–Kier alpha value is -2.51. The fourth-order valence-corrected chi connectivity index (χ4v) is 3.71. The average molecular weight is 369 g/mol. The fraction of sp³-hybridized carbons (Fsp3) is 0.400. The molecule has 3 heterocycles. The number of aryl methyl sites for hydroxylation is 1. The predicted octanol–water partition coefficient (Wildman–Crippen LogP) is 1.79. The van der Waals surface area contributed by atoms with Crippen LogP contribution in [-0.2, 0) is 4.79 Å². The van der Waals surface area contributed by atoms with E-state index in [1.807, 2.05) is 30.0 Å². The lowest BCUT2D eigenvalue weighted by Crippen LogP contribution is -2.53. The number of hydrazine groups is 1. The minimum Gasteiger partial charge on any atom is -0.353 e. The maximum atomic E-state index is 13.1. The van der Waals surface area contributed by atoms with Crippen LogP contribution >= 0.6 is 0 Å². The van der Waals surface area contributed by atoms with E-state index in [1.54, 1.807) is 12.1 Å². The third-order valence-corrected chi connectivity index (χ3v) is 5.26. The van der Waals surface area contributed by atoms with Crippen molar-refractivity contribution in [2.24, 2.45) is 0 Å². The molecule has 142 valence electrons. The maximum Gasteiger partial charge on any atom is 0.241 e. The van der Waals surface area contributed by atoms with E-state index in [4.69, 9.17) is 0 Å². The number of hydrogen-bond acceptors (Lipinski definition) is 5. The van der Waals surface area contributed by atoms with E-state index < -0.39 is 0 Å². The first-order chi connectivity index (χ1) is 13.1. The van der Waals surface area contributed by atoms with Crippen LogP contribution in [0.15, 0.2) is 42.5 Å². The lowest BCUT2D eigenvalue weighted by atomic mass is 10.0. The van der Waals surface area contributed by atoms with Crippen molar-refractivity contribution in [3.63, 3.8) is 0 Å². The molecule has 1 amide bonds. The van der Waals surface area contributed by atoms with Crippen molar-refractivity contribution in [2.45, 2.75) is 25.4 Å². The molecule has 2 unspecified atom stereocenters. The monoisotopic (exact) mass is 369 g/mol. The van der Waals surface area contributed by atoms with Gasteiger partial charge in [-0.15, -0.1) is 0 Å². The van der Waals surface area contributed by atoms with Gasteiger partial charge < -0.3 is 9.80 Å². The Morgan fingerprint density at radius 2 is 1.81 bits per heavy atom. The highest BCUT2D eigenvalue weighted by Gasteiger charge is 2.34. The highest BCUT2D eigenvalue weighted by molar-refractivity contribution is 5.82. The molecule has 2 atom stereocenters. The van der Waals surface area contributed by atoms with Crippen molar-refractivity contribution in [3.05, 3.63) is 59.5 Å². The topological polar surface area (TPSA) is 60.5 Å². The molecule has 7 heteroatoms. The van der Waals surface area contributed by atoms with Gasteiger partial charge in [-0.3, -0.25) is 4.79 Å². The van der Waals surface area contributed by atoms with E-state index in [2.05, 4.69) is 20.7 Å². The zero-order valence-electron chi connectivity index (χ0n) is 15.4. The van der Waals surface area contributed by atoms with E-state index in [0.717, 1.165) is 30.2 Å². The number of nitrogens with zero attached hydrogens (tertiary/aromatic N) is 3. The van der Waals surface area contributed by atoms with Crippen LogP contribution in [-0.4, -0.2) is 48.0 Å². The van der Waals surface area contributed by atoms with Crippen LogP contribution in [0, 0.1) is 12.7 Å². The SMILES string of the molecule is Cc1cccc(N2CCN(C(=O)C3CC(c4ccc(F)cc4)NN3)CC2)n1. The van der Waals surface area contributed by atoms with E-state index in [0.29, 0.717) is 19.5 Å². The zero-order chi connectivity index (χ0) is 18.8. The number of halogens is 1. The number of carbonyl (C=O) groups excluding carboxylic acids is 1. The van der Waals surface area contributed by atoms with Gasteiger partial charge in [-0.2, -0.15) is 0 Å². The third kappa shape index (κ3) is 3.94. The summed E-state index contributed by atoms with van der Waals surface area (Å²) < 4.78 is 13.1. The molecule has 0 saturated carbocycles. The third-order valence-electron chi connectivity index (χ3n) is 5.26. The highest BCUT2D eigenvalue weighted by Crippen LogP contribution is 2.24. The quantitative estimate of drug-likeness (QED) is 0.864. The standard InChI is InChI=1S/C20H24FN5O/c1-14-3-2-4-19(22-14)25-9-11-26(12-10-25)20(27)18-13-17(23-24-18)15-5-7-16(21)8-6-15/h2-8,17-18,23-24H,9-13H2,1H3. The number of benzene rings is 1. The number of anilines is 1. The Morgan fingerprint density at radius 3 is 2.52 bits per heavy atom. The summed E-state index contributed by atoms with van der Waals surface area (Å²) in [6.07, 6.45) is 0.657. The largest absolute Gasteiger partial charge is 0.353 e. The molecule has 2 N–H and O–H groups in total. The summed E-state index contributed by atoms with van der Waals surface area (Å²) in [6.45, 7) is 4.93. The van der Waals surface area contributed by atoms with Gasteiger partial charge >= 0.3 is 0 Å². The van der Waals surface area contributed by atoms with Crippen molar-refractivity contribution in [2.75, 3.05) is 31.1 Å². The number of nitrogens with one attached hydrogen (secondary N) is 2. The van der Waals surface area contributed by atoms with Crippen LogP contribution in [0.25, 0.3) is 0 Å². The number of pyridine rings is 1. The van der Waals surface area contributed by atoms with Crippen LogP contribution in [0.1, 0.15) is 23.7 Å². The van der Waals surface area contributed by atoms with E-state index >= 15 is 0 Å². The first kappa shape index (κ1) is 17.9. The van der Waals surface area contributed by atoms with Crippen LogP contribution in [0.5, 0.6) is 0 Å². The number of rotatable bonds is 3. The first-order valence-corrected chi connectivity index (χ1v) is 9.34. The molecule has 1 aromatic carbocycles. The molecule has 0 radical (unpaired) electrons. The number of hydrogen-bond donors (Lipinski definition) is 2. The van der Waals surface area contributed by atoms with Crippen molar-refractivity contribution in [3.8, 4) is 0 Å². The summed E-state index contributed by atoms with van der Waals surface area (Å²) in [5.74, 6) is 0.835. The van der Waals surface area contributed by atoms with Gasteiger partial charge in [-0.05, 0) is 43.2 Å². The van der Waals surface area contributed by atoms with Gasteiger partial charge in [0, 0.05) is 37.9 Å². The molecule has 0 aliphatic carbocycles. The molecular weight excluding hydrogens is 345 g/mol. The van der Waals surface area contributed by atoms with Crippen molar-refractivity contribution in [1.82, 2.24) is 20.7 Å². The summed E-state index contributed by atoms with van der Waals surface area (Å²) in [4.78, 5) is 21.6. The lowest BCUT2D eigenvalue weighted by molar-refractivity contribution is -0.133. The number of aromatic nitrogens is 1. The van der Waals surface area contributed by atoms with Gasteiger partial charge in [0.1, 0.15) is 17.7 Å². The molecule has 2 aliphatic heterocycles. The second-order valence-corrected chi connectivity index (χ2v) is 7.13. The first-order valence-electron chi connectivity index (χ1n) is 9.34. The second-order valence-electron chi connectivity index (χ2n) is 7.13. The molecular formula is C20H24FN5O. The minimum absolute atomic E-state index is 0.0114. The molecule has 0 spiro atoms. The molecule has 2 aromatic rings. The molecule has 0 bridgehead atoms. The Kier molecular flexibility index (Phi) is 5.05. The molecule has 4 rings (SSSR count). The Bertz CT molecular complexity index is 804. The molecule has 2 aliphatic rings. The molecule has 27 heavy (non-hydrogen) atoms. The summed E-state index contributed by atoms with van der Waals surface area (Å²) in [5, 5.41) is 0. The van der Waals surface area contributed by atoms with E-state index in [1.165, 1.54) is 12.1 Å². The van der Waals surface area contributed by atoms with Crippen LogP contribution in [0.2, 0.25) is 0 Å². The van der Waals surface area contributed by atoms with Crippen LogP contribution in [0.4, 0.5) is 10.2 Å². The normalized spacial score (nSPS) is 22.9. The molecule has 2 fully saturated rings. The summed E-state index contributed by atoms with van der Waals surface area (Å²) in [6, 6.07) is 12.2. The van der Waals surface area contributed by atoms with Crippen molar-refractivity contribution >= 4 is 11.7 Å². The molecule has 6 nitrogen and oxygen atoms in total. The number of carbonyl (C=O) groups is 1. The molecule has 1 aromatic heterocycles. The Balaban J connectivity index is 1.32. The van der Waals surface area contributed by atoms with Crippen LogP contribution < -0.4 is 15.8 Å². The number of piperazine rings is 1. The Labute approximate surface area is 158 Å². The minimum atomic E-state index is -0.260. The highest BCUT2D eigenvalue weighted by atomic mass is 19.1. The van der Waals surface area contributed by atoms with Gasteiger partial charge in [0.05, 0.1) is 0 Å². The predicted molar refractivity (Wildman–Crippen MR) is 102 cm³/mol. The summed E-state index contributed by atoms with van der Waals surface area (Å²) >= 11 is 0. The smallest absolute Gasteiger partial charge is 0.241 e. The van der Waals surface area contributed by atoms with Gasteiger partial charge in [-0.25, -0.2) is 20.2 Å². The van der Waals surface area contributed by atoms with E-state index in [9.17, 15) is 9.18 Å². The average Bonchev–Trinajstić information content (AvgIpc) is 3.18. The molecule has 2 saturated heterocycles. The fourth-order valence-electron chi connectivity index (χ4n) is 3.71. The van der Waals surface area contributed by atoms with Gasteiger partial charge in [0.15, 0.2) is 0 Å². The van der Waals surface area contributed by atoms with E-state index in [-0.39, 0.29) is 23.8 Å². The lowest BCUT2D eigenvalue weighted by Gasteiger charge is -2.36. The summed E-state index contributed by atoms with van der Waals surface area (Å²) in [5.41, 5.74) is 8.25. The van der Waals surface area contributed by atoms with Gasteiger partial charge in [0.2, 0.25) is 5.91 Å². The maximum absolute atomic E-state index is 13.1. The van der Waals surface area contributed by atoms with Gasteiger partial charge in [-0.1, -0.05) is 18.2 Å².